The standard InChI is InChI=1S/C27H31N3O5/c1-18(21-9-10-25(31)28-26(21)32)30-16-23-22(27(30)33)3-2-4-24(23)35-17-20-7-5-19(6-8-20)15-29-11-13-34-14-12-29/h2-8,18,21H,9-17H2,1H3,(H,28,31,32). The number of carbonyl (C=O) groups excluding carboxylic acids is 3. The molecule has 35 heavy (non-hydrogen) atoms. The van der Waals surface area contributed by atoms with Crippen LogP contribution in [0.3, 0.4) is 0 Å². The summed E-state index contributed by atoms with van der Waals surface area (Å²) in [5.74, 6) is -0.363. The molecule has 5 rings (SSSR count). The molecule has 184 valence electrons. The predicted molar refractivity (Wildman–Crippen MR) is 129 cm³/mol. The minimum atomic E-state index is -0.397. The number of nitrogens with one attached hydrogen (secondary N) is 1. The number of carbonyl (C=O) groups is 3. The molecular weight excluding hydrogens is 446 g/mol. The molecule has 2 saturated heterocycles. The Kier molecular flexibility index (Phi) is 6.83. The SMILES string of the molecule is CC(C1CCC(=O)NC1=O)N1Cc2c(OCc3ccc(CN4CCOCC4)cc3)cccc2C1=O. The molecule has 2 aromatic rings. The van der Waals surface area contributed by atoms with Gasteiger partial charge in [-0.15, -0.1) is 0 Å². The van der Waals surface area contributed by atoms with Crippen LogP contribution in [0.1, 0.15) is 46.8 Å². The number of morpholine rings is 1. The first kappa shape index (κ1) is 23.5. The molecule has 3 aliphatic heterocycles. The molecule has 0 bridgehead atoms. The van der Waals surface area contributed by atoms with E-state index in [1.54, 1.807) is 4.90 Å². The minimum Gasteiger partial charge on any atom is -0.489 e. The van der Waals surface area contributed by atoms with Crippen LogP contribution in [-0.2, 0) is 34.0 Å². The Hall–Kier alpha value is -3.23. The number of rotatable bonds is 7. The summed E-state index contributed by atoms with van der Waals surface area (Å²) in [6.45, 7) is 7.10. The highest BCUT2D eigenvalue weighted by atomic mass is 16.5. The number of fused-ring (bicyclic) bond motifs is 1. The van der Waals surface area contributed by atoms with Gasteiger partial charge in [-0.25, -0.2) is 0 Å². The average molecular weight is 478 g/mol. The van der Waals surface area contributed by atoms with Crippen molar-refractivity contribution in [3.8, 4) is 5.75 Å². The predicted octanol–water partition coefficient (Wildman–Crippen LogP) is 2.49. The highest BCUT2D eigenvalue weighted by Crippen LogP contribution is 2.35. The van der Waals surface area contributed by atoms with Crippen molar-refractivity contribution in [1.29, 1.82) is 0 Å². The maximum absolute atomic E-state index is 13.1. The molecule has 0 saturated carbocycles. The lowest BCUT2D eigenvalue weighted by Gasteiger charge is -2.32. The second-order valence-corrected chi connectivity index (χ2v) is 9.51. The van der Waals surface area contributed by atoms with E-state index in [-0.39, 0.29) is 23.8 Å². The maximum Gasteiger partial charge on any atom is 0.254 e. The lowest BCUT2D eigenvalue weighted by Crippen LogP contribution is -2.50. The second kappa shape index (κ2) is 10.2. The fourth-order valence-electron chi connectivity index (χ4n) is 5.10. The van der Waals surface area contributed by atoms with Crippen molar-refractivity contribution in [2.75, 3.05) is 26.3 Å². The largest absolute Gasteiger partial charge is 0.489 e. The van der Waals surface area contributed by atoms with Crippen LogP contribution < -0.4 is 10.1 Å². The van der Waals surface area contributed by atoms with Gasteiger partial charge in [0.05, 0.1) is 25.7 Å². The molecule has 2 unspecified atom stereocenters. The quantitative estimate of drug-likeness (QED) is 0.617. The van der Waals surface area contributed by atoms with Crippen LogP contribution >= 0.6 is 0 Å². The van der Waals surface area contributed by atoms with Crippen molar-refractivity contribution in [2.45, 2.75) is 45.5 Å². The molecule has 1 N–H and O–H groups in total. The van der Waals surface area contributed by atoms with E-state index in [9.17, 15) is 14.4 Å². The lowest BCUT2D eigenvalue weighted by molar-refractivity contribution is -0.137. The molecule has 3 heterocycles. The van der Waals surface area contributed by atoms with Crippen LogP contribution in [-0.4, -0.2) is 59.9 Å². The number of benzene rings is 2. The molecule has 2 fully saturated rings. The number of piperidine rings is 1. The van der Waals surface area contributed by atoms with Crippen molar-refractivity contribution >= 4 is 17.7 Å². The van der Waals surface area contributed by atoms with Crippen LogP contribution in [0.2, 0.25) is 0 Å². The molecule has 3 aliphatic rings. The van der Waals surface area contributed by atoms with Crippen LogP contribution in [0.25, 0.3) is 0 Å². The number of hydrogen-bond donors (Lipinski definition) is 1. The summed E-state index contributed by atoms with van der Waals surface area (Å²) in [5.41, 5.74) is 3.79. The number of imide groups is 1. The zero-order valence-corrected chi connectivity index (χ0v) is 20.0. The minimum absolute atomic E-state index is 0.102. The van der Waals surface area contributed by atoms with Crippen LogP contribution in [0, 0.1) is 5.92 Å². The van der Waals surface area contributed by atoms with E-state index in [1.165, 1.54) is 5.56 Å². The van der Waals surface area contributed by atoms with Crippen LogP contribution in [0.5, 0.6) is 5.75 Å². The Labute approximate surface area is 205 Å². The first-order valence-electron chi connectivity index (χ1n) is 12.3. The van der Waals surface area contributed by atoms with E-state index in [0.29, 0.717) is 37.3 Å². The molecule has 0 aliphatic carbocycles. The fraction of sp³-hybridized carbons (Fsp3) is 0.444. The molecule has 3 amide bonds. The Morgan fingerprint density at radius 2 is 1.80 bits per heavy atom. The van der Waals surface area contributed by atoms with Crippen molar-refractivity contribution in [1.82, 2.24) is 15.1 Å². The Morgan fingerprint density at radius 1 is 1.06 bits per heavy atom. The van der Waals surface area contributed by atoms with Crippen molar-refractivity contribution in [2.24, 2.45) is 5.92 Å². The van der Waals surface area contributed by atoms with Gasteiger partial charge >= 0.3 is 0 Å². The van der Waals surface area contributed by atoms with Crippen LogP contribution in [0.4, 0.5) is 0 Å². The van der Waals surface area contributed by atoms with E-state index in [1.807, 2.05) is 25.1 Å². The van der Waals surface area contributed by atoms with Crippen molar-refractivity contribution < 1.29 is 23.9 Å². The molecule has 2 aromatic carbocycles. The monoisotopic (exact) mass is 477 g/mol. The zero-order chi connectivity index (χ0) is 24.4. The van der Waals surface area contributed by atoms with Gasteiger partial charge in [-0.2, -0.15) is 0 Å². The smallest absolute Gasteiger partial charge is 0.254 e. The lowest BCUT2D eigenvalue weighted by atomic mass is 9.90. The number of nitrogens with zero attached hydrogens (tertiary/aromatic N) is 2. The molecule has 0 spiro atoms. The summed E-state index contributed by atoms with van der Waals surface area (Å²) in [5, 5.41) is 2.40. The number of hydrogen-bond acceptors (Lipinski definition) is 6. The zero-order valence-electron chi connectivity index (χ0n) is 20.0. The van der Waals surface area contributed by atoms with Crippen LogP contribution in [0.15, 0.2) is 42.5 Å². The first-order valence-corrected chi connectivity index (χ1v) is 12.3. The summed E-state index contributed by atoms with van der Waals surface area (Å²) >= 11 is 0. The van der Waals surface area contributed by atoms with Crippen molar-refractivity contribution in [3.05, 3.63) is 64.7 Å². The Morgan fingerprint density at radius 3 is 2.54 bits per heavy atom. The summed E-state index contributed by atoms with van der Waals surface area (Å²) in [7, 11) is 0. The average Bonchev–Trinajstić information content (AvgIpc) is 3.21. The Balaban J connectivity index is 1.22. The first-order chi connectivity index (χ1) is 17.0. The van der Waals surface area contributed by atoms with Gasteiger partial charge in [0.1, 0.15) is 12.4 Å². The van der Waals surface area contributed by atoms with Gasteiger partial charge in [-0.1, -0.05) is 30.3 Å². The Bertz CT molecular complexity index is 1110. The topological polar surface area (TPSA) is 88.2 Å². The van der Waals surface area contributed by atoms with Gasteiger partial charge in [0.25, 0.3) is 5.91 Å². The fourth-order valence-corrected chi connectivity index (χ4v) is 5.10. The highest BCUT2D eigenvalue weighted by Gasteiger charge is 2.40. The van der Waals surface area contributed by atoms with Gasteiger partial charge in [-0.05, 0) is 36.6 Å². The third kappa shape index (κ3) is 5.09. The van der Waals surface area contributed by atoms with Gasteiger partial charge in [-0.3, -0.25) is 24.6 Å². The van der Waals surface area contributed by atoms with Gasteiger partial charge in [0.15, 0.2) is 0 Å². The van der Waals surface area contributed by atoms with Gasteiger partial charge < -0.3 is 14.4 Å². The number of amides is 3. The van der Waals surface area contributed by atoms with E-state index in [4.69, 9.17) is 9.47 Å². The third-order valence-corrected chi connectivity index (χ3v) is 7.24. The molecule has 0 aromatic heterocycles. The molecular formula is C27H31N3O5. The van der Waals surface area contributed by atoms with E-state index in [0.717, 1.165) is 44.0 Å². The number of ether oxygens (including phenoxy) is 2. The molecule has 8 heteroatoms. The molecule has 2 atom stereocenters. The maximum atomic E-state index is 13.1. The highest BCUT2D eigenvalue weighted by molar-refractivity contribution is 6.01. The van der Waals surface area contributed by atoms with E-state index >= 15 is 0 Å². The summed E-state index contributed by atoms with van der Waals surface area (Å²) in [6.07, 6.45) is 0.756. The normalized spacial score (nSPS) is 21.6. The summed E-state index contributed by atoms with van der Waals surface area (Å²) < 4.78 is 11.6. The third-order valence-electron chi connectivity index (χ3n) is 7.24. The van der Waals surface area contributed by atoms with Crippen molar-refractivity contribution in [3.63, 3.8) is 0 Å². The van der Waals surface area contributed by atoms with E-state index in [2.05, 4.69) is 34.5 Å². The van der Waals surface area contributed by atoms with E-state index < -0.39 is 5.92 Å². The summed E-state index contributed by atoms with van der Waals surface area (Å²) in [4.78, 5) is 41.1. The molecule has 0 radical (unpaired) electrons. The summed E-state index contributed by atoms with van der Waals surface area (Å²) in [6, 6.07) is 13.7. The molecule has 8 nitrogen and oxygen atoms in total. The van der Waals surface area contributed by atoms with Gasteiger partial charge in [0.2, 0.25) is 11.8 Å². The van der Waals surface area contributed by atoms with Gasteiger partial charge in [0, 0.05) is 43.2 Å². The second-order valence-electron chi connectivity index (χ2n) is 9.51.